The van der Waals surface area contributed by atoms with Gasteiger partial charge in [0.05, 0.1) is 4.90 Å². The summed E-state index contributed by atoms with van der Waals surface area (Å²) in [6.07, 6.45) is 5.68. The van der Waals surface area contributed by atoms with Gasteiger partial charge in [-0.2, -0.15) is 0 Å². The first kappa shape index (κ1) is 12.6. The highest BCUT2D eigenvalue weighted by Crippen LogP contribution is 2.20. The molecular formula is C11H19N3O2S. The molecule has 0 aliphatic heterocycles. The lowest BCUT2D eigenvalue weighted by molar-refractivity contribution is 0.552. The van der Waals surface area contributed by atoms with Crippen LogP contribution in [0.4, 0.5) is 0 Å². The van der Waals surface area contributed by atoms with Crippen molar-refractivity contribution in [3.63, 3.8) is 0 Å². The molecule has 1 aromatic heterocycles. The number of H-pyrrole nitrogens is 1. The summed E-state index contributed by atoms with van der Waals surface area (Å²) in [4.78, 5) is 3.28. The van der Waals surface area contributed by atoms with Gasteiger partial charge in [0.1, 0.15) is 0 Å². The molecule has 0 unspecified atom stereocenters. The lowest BCUT2D eigenvalue weighted by Crippen LogP contribution is -2.32. The van der Waals surface area contributed by atoms with E-state index in [4.69, 9.17) is 0 Å². The maximum Gasteiger partial charge on any atom is 0.242 e. The zero-order valence-electron chi connectivity index (χ0n) is 9.99. The fourth-order valence-corrected chi connectivity index (χ4v) is 3.52. The SMILES string of the molecule is CNCc1cc(S(=O)(=O)NC2CCCC2)c[nH]1. The van der Waals surface area contributed by atoms with E-state index in [0.29, 0.717) is 11.4 Å². The van der Waals surface area contributed by atoms with E-state index in [1.807, 2.05) is 7.05 Å². The quantitative estimate of drug-likeness (QED) is 0.735. The number of nitrogens with one attached hydrogen (secondary N) is 3. The Labute approximate surface area is 102 Å². The van der Waals surface area contributed by atoms with E-state index < -0.39 is 10.0 Å². The van der Waals surface area contributed by atoms with Gasteiger partial charge in [0.15, 0.2) is 0 Å². The Hall–Kier alpha value is -0.850. The molecule has 1 heterocycles. The molecule has 5 nitrogen and oxygen atoms in total. The summed E-state index contributed by atoms with van der Waals surface area (Å²) in [6, 6.07) is 1.79. The van der Waals surface area contributed by atoms with Gasteiger partial charge in [0.2, 0.25) is 10.0 Å². The maximum atomic E-state index is 12.1. The van der Waals surface area contributed by atoms with E-state index in [0.717, 1.165) is 31.4 Å². The second-order valence-corrected chi connectivity index (χ2v) is 6.21. The molecule has 1 fully saturated rings. The van der Waals surface area contributed by atoms with Crippen LogP contribution in [0.15, 0.2) is 17.2 Å². The van der Waals surface area contributed by atoms with Crippen molar-refractivity contribution < 1.29 is 8.42 Å². The van der Waals surface area contributed by atoms with Crippen LogP contribution in [0.3, 0.4) is 0 Å². The summed E-state index contributed by atoms with van der Waals surface area (Å²) < 4.78 is 26.9. The Morgan fingerprint density at radius 3 is 2.76 bits per heavy atom. The van der Waals surface area contributed by atoms with Crippen LogP contribution < -0.4 is 10.0 Å². The van der Waals surface area contributed by atoms with E-state index in [9.17, 15) is 8.42 Å². The van der Waals surface area contributed by atoms with E-state index in [-0.39, 0.29) is 6.04 Å². The highest BCUT2D eigenvalue weighted by molar-refractivity contribution is 7.89. The van der Waals surface area contributed by atoms with Crippen molar-refractivity contribution in [2.45, 2.75) is 43.2 Å². The molecule has 0 atom stereocenters. The van der Waals surface area contributed by atoms with Crippen LogP contribution in [0.25, 0.3) is 0 Å². The van der Waals surface area contributed by atoms with Crippen molar-refractivity contribution >= 4 is 10.0 Å². The van der Waals surface area contributed by atoms with Crippen molar-refractivity contribution in [3.8, 4) is 0 Å². The van der Waals surface area contributed by atoms with Gasteiger partial charge in [0.25, 0.3) is 0 Å². The summed E-state index contributed by atoms with van der Waals surface area (Å²) in [5, 5.41) is 2.98. The normalized spacial score (nSPS) is 17.7. The number of hydrogen-bond donors (Lipinski definition) is 3. The highest BCUT2D eigenvalue weighted by atomic mass is 32.2. The first-order valence-corrected chi connectivity index (χ1v) is 7.44. The average molecular weight is 257 g/mol. The third kappa shape index (κ3) is 3.08. The van der Waals surface area contributed by atoms with Crippen molar-refractivity contribution in [2.24, 2.45) is 0 Å². The molecule has 0 amide bonds. The van der Waals surface area contributed by atoms with Gasteiger partial charge in [-0.1, -0.05) is 12.8 Å². The number of hydrogen-bond acceptors (Lipinski definition) is 3. The van der Waals surface area contributed by atoms with Crippen LogP contribution in [-0.4, -0.2) is 26.5 Å². The highest BCUT2D eigenvalue weighted by Gasteiger charge is 2.23. The zero-order valence-corrected chi connectivity index (χ0v) is 10.8. The first-order chi connectivity index (χ1) is 8.12. The van der Waals surface area contributed by atoms with E-state index in [1.165, 1.54) is 0 Å². The molecular weight excluding hydrogens is 238 g/mol. The molecule has 0 bridgehead atoms. The van der Waals surface area contributed by atoms with Gasteiger partial charge < -0.3 is 10.3 Å². The molecule has 6 heteroatoms. The van der Waals surface area contributed by atoms with Crippen LogP contribution in [0.5, 0.6) is 0 Å². The summed E-state index contributed by atoms with van der Waals surface area (Å²) in [6.45, 7) is 0.638. The predicted octanol–water partition coefficient (Wildman–Crippen LogP) is 0.955. The number of aromatic nitrogens is 1. The van der Waals surface area contributed by atoms with E-state index in [2.05, 4.69) is 15.0 Å². The minimum atomic E-state index is -3.35. The topological polar surface area (TPSA) is 74.0 Å². The van der Waals surface area contributed by atoms with Crippen molar-refractivity contribution in [2.75, 3.05) is 7.05 Å². The van der Waals surface area contributed by atoms with Crippen molar-refractivity contribution in [1.29, 1.82) is 0 Å². The van der Waals surface area contributed by atoms with Crippen LogP contribution in [-0.2, 0) is 16.6 Å². The second-order valence-electron chi connectivity index (χ2n) is 4.49. The largest absolute Gasteiger partial charge is 0.363 e. The van der Waals surface area contributed by atoms with Crippen LogP contribution >= 0.6 is 0 Å². The lowest BCUT2D eigenvalue weighted by atomic mass is 10.3. The fourth-order valence-electron chi connectivity index (χ4n) is 2.20. The second kappa shape index (κ2) is 5.20. The minimum Gasteiger partial charge on any atom is -0.363 e. The molecule has 96 valence electrons. The molecule has 0 aromatic carbocycles. The third-order valence-corrected chi connectivity index (χ3v) is 4.57. The summed E-state index contributed by atoms with van der Waals surface area (Å²) in [5.41, 5.74) is 0.874. The summed E-state index contributed by atoms with van der Waals surface area (Å²) in [7, 11) is -1.53. The molecule has 1 aliphatic carbocycles. The number of sulfonamides is 1. The minimum absolute atomic E-state index is 0.114. The smallest absolute Gasteiger partial charge is 0.242 e. The lowest BCUT2D eigenvalue weighted by Gasteiger charge is -2.10. The molecule has 1 saturated carbocycles. The van der Waals surface area contributed by atoms with Crippen molar-refractivity contribution in [3.05, 3.63) is 18.0 Å². The van der Waals surface area contributed by atoms with Gasteiger partial charge in [-0.25, -0.2) is 13.1 Å². The Kier molecular flexibility index (Phi) is 3.86. The molecule has 2 rings (SSSR count). The molecule has 1 aromatic rings. The molecule has 0 radical (unpaired) electrons. The maximum absolute atomic E-state index is 12.1. The molecule has 3 N–H and O–H groups in total. The van der Waals surface area contributed by atoms with Gasteiger partial charge in [-0.3, -0.25) is 0 Å². The average Bonchev–Trinajstić information content (AvgIpc) is 2.88. The fraction of sp³-hybridized carbons (Fsp3) is 0.636. The summed E-state index contributed by atoms with van der Waals surface area (Å²) in [5.74, 6) is 0. The number of aromatic amines is 1. The van der Waals surface area contributed by atoms with E-state index >= 15 is 0 Å². The van der Waals surface area contributed by atoms with Crippen LogP contribution in [0.1, 0.15) is 31.4 Å². The van der Waals surface area contributed by atoms with Crippen LogP contribution in [0, 0.1) is 0 Å². The molecule has 0 saturated heterocycles. The van der Waals surface area contributed by atoms with Crippen LogP contribution in [0.2, 0.25) is 0 Å². The zero-order chi connectivity index (χ0) is 12.3. The van der Waals surface area contributed by atoms with Gasteiger partial charge in [-0.15, -0.1) is 0 Å². The Morgan fingerprint density at radius 2 is 2.12 bits per heavy atom. The molecule has 1 aliphatic rings. The Morgan fingerprint density at radius 1 is 1.41 bits per heavy atom. The Balaban J connectivity index is 2.07. The first-order valence-electron chi connectivity index (χ1n) is 5.96. The van der Waals surface area contributed by atoms with Gasteiger partial charge in [0, 0.05) is 24.5 Å². The standard InChI is InChI=1S/C11H19N3O2S/c1-12-7-10-6-11(8-13-10)17(15,16)14-9-4-2-3-5-9/h6,8-9,12-14H,2-5,7H2,1H3. The monoisotopic (exact) mass is 257 g/mol. The Bertz CT molecular complexity index is 461. The predicted molar refractivity (Wildman–Crippen MR) is 66.1 cm³/mol. The van der Waals surface area contributed by atoms with Crippen molar-refractivity contribution in [1.82, 2.24) is 15.0 Å². The van der Waals surface area contributed by atoms with Gasteiger partial charge >= 0.3 is 0 Å². The molecule has 17 heavy (non-hydrogen) atoms. The number of rotatable bonds is 5. The summed E-state index contributed by atoms with van der Waals surface area (Å²) >= 11 is 0. The third-order valence-electron chi connectivity index (χ3n) is 3.07. The molecule has 0 spiro atoms. The van der Waals surface area contributed by atoms with E-state index in [1.54, 1.807) is 12.3 Å². The van der Waals surface area contributed by atoms with Gasteiger partial charge in [-0.05, 0) is 26.0 Å².